The molecule has 21 heavy (non-hydrogen) atoms. The van der Waals surface area contributed by atoms with E-state index in [0.29, 0.717) is 18.1 Å². The summed E-state index contributed by atoms with van der Waals surface area (Å²) in [6.45, 7) is 0.290. The van der Waals surface area contributed by atoms with E-state index in [4.69, 9.17) is 9.84 Å². The summed E-state index contributed by atoms with van der Waals surface area (Å²) in [6, 6.07) is 7.29. The first-order valence-corrected chi connectivity index (χ1v) is 7.88. The first-order chi connectivity index (χ1) is 10.2. The fourth-order valence-corrected chi connectivity index (χ4v) is 3.87. The number of ether oxygens (including phenoxy) is 1. The summed E-state index contributed by atoms with van der Waals surface area (Å²) < 4.78 is 5.29. The summed E-state index contributed by atoms with van der Waals surface area (Å²) >= 11 is 0. The van der Waals surface area contributed by atoms with Gasteiger partial charge in [-0.2, -0.15) is 0 Å². The van der Waals surface area contributed by atoms with E-state index in [9.17, 15) is 4.79 Å². The minimum Gasteiger partial charge on any atom is -0.491 e. The molecule has 4 heteroatoms. The van der Waals surface area contributed by atoms with E-state index in [1.165, 1.54) is 25.7 Å². The van der Waals surface area contributed by atoms with Gasteiger partial charge in [-0.05, 0) is 61.3 Å². The molecule has 2 bridgehead atoms. The lowest BCUT2D eigenvalue weighted by atomic mass is 9.86. The summed E-state index contributed by atoms with van der Waals surface area (Å²) in [5.74, 6) is 3.09. The van der Waals surface area contributed by atoms with E-state index in [1.54, 1.807) is 0 Å². The van der Waals surface area contributed by atoms with Crippen LogP contribution in [-0.4, -0.2) is 24.2 Å². The van der Waals surface area contributed by atoms with Crippen molar-refractivity contribution < 1.29 is 14.6 Å². The third-order valence-electron chi connectivity index (χ3n) is 4.83. The van der Waals surface area contributed by atoms with Gasteiger partial charge in [0.05, 0.1) is 6.61 Å². The molecule has 2 N–H and O–H groups in total. The molecule has 2 aliphatic carbocycles. The molecule has 1 amide bonds. The Hall–Kier alpha value is -1.55. The van der Waals surface area contributed by atoms with Crippen LogP contribution in [-0.2, 0) is 4.79 Å². The summed E-state index contributed by atoms with van der Waals surface area (Å²) in [5.41, 5.74) is 0.805. The molecule has 1 aromatic carbocycles. The van der Waals surface area contributed by atoms with E-state index >= 15 is 0 Å². The number of rotatable bonds is 6. The molecule has 1 aromatic rings. The predicted octanol–water partition coefficient (Wildman–Crippen LogP) is 2.82. The molecule has 4 nitrogen and oxygen atoms in total. The van der Waals surface area contributed by atoms with Crippen molar-refractivity contribution in [2.24, 2.45) is 17.8 Å². The Morgan fingerprint density at radius 1 is 1.24 bits per heavy atom. The van der Waals surface area contributed by atoms with Gasteiger partial charge in [0.2, 0.25) is 5.91 Å². The molecule has 114 valence electrons. The highest BCUT2D eigenvalue weighted by Crippen LogP contribution is 2.49. The monoisotopic (exact) mass is 289 g/mol. The average Bonchev–Trinajstić information content (AvgIpc) is 3.09. The molecule has 0 aromatic heterocycles. The third-order valence-corrected chi connectivity index (χ3v) is 4.83. The second-order valence-electron chi connectivity index (χ2n) is 6.28. The van der Waals surface area contributed by atoms with Crippen LogP contribution in [0.25, 0.3) is 0 Å². The normalized spacial score (nSPS) is 26.8. The van der Waals surface area contributed by atoms with Crippen LogP contribution in [0.15, 0.2) is 24.3 Å². The highest BCUT2D eigenvalue weighted by atomic mass is 16.5. The van der Waals surface area contributed by atoms with Gasteiger partial charge in [0.1, 0.15) is 12.4 Å². The van der Waals surface area contributed by atoms with Crippen LogP contribution in [0.1, 0.15) is 32.1 Å². The van der Waals surface area contributed by atoms with Crippen LogP contribution in [0, 0.1) is 17.8 Å². The zero-order valence-electron chi connectivity index (χ0n) is 12.3. The molecule has 3 atom stereocenters. The quantitative estimate of drug-likeness (QED) is 0.846. The third kappa shape index (κ3) is 3.56. The molecule has 2 aliphatic rings. The molecule has 0 heterocycles. The van der Waals surface area contributed by atoms with Gasteiger partial charge in [0.25, 0.3) is 0 Å². The van der Waals surface area contributed by atoms with Crippen LogP contribution >= 0.6 is 0 Å². The van der Waals surface area contributed by atoms with Crippen LogP contribution in [0.3, 0.4) is 0 Å². The molecule has 0 saturated heterocycles. The molecular weight excluding hydrogens is 266 g/mol. The highest BCUT2D eigenvalue weighted by Gasteiger charge is 2.40. The van der Waals surface area contributed by atoms with E-state index in [0.717, 1.165) is 17.5 Å². The van der Waals surface area contributed by atoms with E-state index in [2.05, 4.69) is 5.32 Å². The summed E-state index contributed by atoms with van der Waals surface area (Å²) in [4.78, 5) is 12.1. The molecule has 0 aliphatic heterocycles. The van der Waals surface area contributed by atoms with Gasteiger partial charge < -0.3 is 15.2 Å². The largest absolute Gasteiger partial charge is 0.491 e. The van der Waals surface area contributed by atoms with Crippen LogP contribution < -0.4 is 10.1 Å². The minimum absolute atomic E-state index is 0.00202. The van der Waals surface area contributed by atoms with Crippen molar-refractivity contribution in [3.8, 4) is 5.75 Å². The number of fused-ring (bicyclic) bond motifs is 2. The number of hydrogen-bond donors (Lipinski definition) is 2. The maximum absolute atomic E-state index is 12.1. The lowest BCUT2D eigenvalue weighted by molar-refractivity contribution is -0.117. The Labute approximate surface area is 125 Å². The molecule has 0 spiro atoms. The number of benzene rings is 1. The second kappa shape index (κ2) is 6.48. The lowest BCUT2D eigenvalue weighted by Crippen LogP contribution is -2.20. The minimum atomic E-state index is 0.00202. The fourth-order valence-electron chi connectivity index (χ4n) is 3.87. The molecule has 2 fully saturated rings. The van der Waals surface area contributed by atoms with Crippen molar-refractivity contribution in [3.05, 3.63) is 24.3 Å². The summed E-state index contributed by atoms with van der Waals surface area (Å²) in [6.07, 6.45) is 5.93. The SMILES string of the molecule is O=C(CC1CC2CCC1C2)Nc1ccc(OCCO)cc1. The lowest BCUT2D eigenvalue weighted by Gasteiger charge is -2.20. The Balaban J connectivity index is 1.48. The Morgan fingerprint density at radius 2 is 2.05 bits per heavy atom. The predicted molar refractivity (Wildman–Crippen MR) is 81.2 cm³/mol. The van der Waals surface area contributed by atoms with E-state index in [-0.39, 0.29) is 19.1 Å². The fraction of sp³-hybridized carbons (Fsp3) is 0.588. The van der Waals surface area contributed by atoms with Crippen LogP contribution in [0.5, 0.6) is 5.75 Å². The topological polar surface area (TPSA) is 58.6 Å². The van der Waals surface area contributed by atoms with Crippen molar-refractivity contribution >= 4 is 11.6 Å². The highest BCUT2D eigenvalue weighted by molar-refractivity contribution is 5.90. The smallest absolute Gasteiger partial charge is 0.224 e. The maximum Gasteiger partial charge on any atom is 0.224 e. The zero-order valence-corrected chi connectivity index (χ0v) is 12.3. The average molecular weight is 289 g/mol. The van der Waals surface area contributed by atoms with Crippen molar-refractivity contribution in [2.45, 2.75) is 32.1 Å². The number of carbonyl (C=O) groups is 1. The zero-order chi connectivity index (χ0) is 14.7. The second-order valence-corrected chi connectivity index (χ2v) is 6.28. The van der Waals surface area contributed by atoms with Crippen LogP contribution in [0.4, 0.5) is 5.69 Å². The molecule has 3 rings (SSSR count). The number of carbonyl (C=O) groups excluding carboxylic acids is 1. The molecule has 0 radical (unpaired) electrons. The number of hydrogen-bond acceptors (Lipinski definition) is 3. The van der Waals surface area contributed by atoms with Crippen molar-refractivity contribution in [1.29, 1.82) is 0 Å². The van der Waals surface area contributed by atoms with E-state index in [1.807, 2.05) is 24.3 Å². The first kappa shape index (κ1) is 14.4. The van der Waals surface area contributed by atoms with Gasteiger partial charge >= 0.3 is 0 Å². The summed E-state index contributed by atoms with van der Waals surface area (Å²) in [5, 5.41) is 11.7. The molecule has 3 unspecified atom stereocenters. The Kier molecular flexibility index (Phi) is 4.44. The number of aliphatic hydroxyl groups excluding tert-OH is 1. The number of anilines is 1. The van der Waals surface area contributed by atoms with Crippen molar-refractivity contribution in [1.82, 2.24) is 0 Å². The van der Waals surface area contributed by atoms with Gasteiger partial charge in [-0.1, -0.05) is 6.42 Å². The maximum atomic E-state index is 12.1. The summed E-state index contributed by atoms with van der Waals surface area (Å²) in [7, 11) is 0. The van der Waals surface area contributed by atoms with Crippen molar-refractivity contribution in [2.75, 3.05) is 18.5 Å². The van der Waals surface area contributed by atoms with Gasteiger partial charge in [0.15, 0.2) is 0 Å². The molecule has 2 saturated carbocycles. The Bertz CT molecular complexity index is 485. The van der Waals surface area contributed by atoms with Gasteiger partial charge in [-0.25, -0.2) is 0 Å². The first-order valence-electron chi connectivity index (χ1n) is 7.88. The van der Waals surface area contributed by atoms with Crippen molar-refractivity contribution in [3.63, 3.8) is 0 Å². The van der Waals surface area contributed by atoms with Crippen LogP contribution in [0.2, 0.25) is 0 Å². The molecular formula is C17H23NO3. The standard InChI is InChI=1S/C17H23NO3/c19-7-8-21-16-5-3-15(4-6-16)18-17(20)11-14-10-12-1-2-13(14)9-12/h3-6,12-14,19H,1-2,7-11H2,(H,18,20). The van der Waals surface area contributed by atoms with Gasteiger partial charge in [-0.15, -0.1) is 0 Å². The number of amides is 1. The van der Waals surface area contributed by atoms with Gasteiger partial charge in [0, 0.05) is 12.1 Å². The van der Waals surface area contributed by atoms with E-state index < -0.39 is 0 Å². The number of nitrogens with one attached hydrogen (secondary N) is 1. The number of aliphatic hydroxyl groups is 1. The Morgan fingerprint density at radius 3 is 2.67 bits per heavy atom. The van der Waals surface area contributed by atoms with Gasteiger partial charge in [-0.3, -0.25) is 4.79 Å².